The second kappa shape index (κ2) is 6.06. The van der Waals surface area contributed by atoms with Gasteiger partial charge < -0.3 is 15.0 Å². The Kier molecular flexibility index (Phi) is 3.95. The van der Waals surface area contributed by atoms with Crippen molar-refractivity contribution in [3.63, 3.8) is 0 Å². The number of benzene rings is 2. The maximum atomic E-state index is 12.2. The molecule has 1 amide bonds. The maximum absolute atomic E-state index is 12.2. The Morgan fingerprint density at radius 1 is 1.23 bits per heavy atom. The number of nitrogens with zero attached hydrogens (tertiary/aromatic N) is 1. The number of rotatable bonds is 4. The van der Waals surface area contributed by atoms with E-state index < -0.39 is 5.41 Å². The molecule has 0 spiro atoms. The van der Waals surface area contributed by atoms with Crippen molar-refractivity contribution in [2.24, 2.45) is 0 Å². The third-order valence-corrected chi connectivity index (χ3v) is 5.56. The summed E-state index contributed by atoms with van der Waals surface area (Å²) in [6.45, 7) is 3.86. The van der Waals surface area contributed by atoms with Crippen LogP contribution >= 0.6 is 11.8 Å². The minimum Gasteiger partial charge on any atom is -0.496 e. The van der Waals surface area contributed by atoms with Crippen molar-refractivity contribution < 1.29 is 9.53 Å². The zero-order valence-electron chi connectivity index (χ0n) is 15.3. The van der Waals surface area contributed by atoms with Gasteiger partial charge in [0.15, 0.2) is 0 Å². The Hall–Kier alpha value is -2.47. The van der Waals surface area contributed by atoms with Crippen LogP contribution in [0.4, 0.5) is 5.69 Å². The summed E-state index contributed by atoms with van der Waals surface area (Å²) in [4.78, 5) is 20.3. The van der Waals surface area contributed by atoms with Crippen LogP contribution in [0.25, 0.3) is 22.4 Å². The summed E-state index contributed by atoms with van der Waals surface area (Å²) >= 11 is 1.78. The quantitative estimate of drug-likeness (QED) is 0.720. The Bertz CT molecular complexity index is 1020. The zero-order valence-corrected chi connectivity index (χ0v) is 16.1. The standard InChI is InChI=1S/C20H21N3O2S/c1-20(2)13-8-15-16(9-14(13)23-19(20)24)22-18(21-15)12-6-5-11(10-26-4)7-17(12)25-3/h5-9H,10H2,1-4H3,(H,21,22)(H,23,24). The molecule has 6 heteroatoms. The number of carbonyl (C=O) groups is 1. The summed E-state index contributed by atoms with van der Waals surface area (Å²) < 4.78 is 5.58. The van der Waals surface area contributed by atoms with E-state index in [-0.39, 0.29) is 5.91 Å². The van der Waals surface area contributed by atoms with Crippen molar-refractivity contribution in [1.29, 1.82) is 0 Å². The topological polar surface area (TPSA) is 67.0 Å². The first-order valence-electron chi connectivity index (χ1n) is 8.46. The molecular formula is C20H21N3O2S. The van der Waals surface area contributed by atoms with Gasteiger partial charge >= 0.3 is 0 Å². The number of aromatic nitrogens is 2. The van der Waals surface area contributed by atoms with Gasteiger partial charge in [-0.05, 0) is 55.5 Å². The highest BCUT2D eigenvalue weighted by Crippen LogP contribution is 2.40. The fourth-order valence-corrected chi connectivity index (χ4v) is 3.91. The molecule has 2 heterocycles. The van der Waals surface area contributed by atoms with Gasteiger partial charge in [-0.15, -0.1) is 0 Å². The van der Waals surface area contributed by atoms with Gasteiger partial charge in [-0.1, -0.05) is 6.07 Å². The molecular weight excluding hydrogens is 346 g/mol. The van der Waals surface area contributed by atoms with Gasteiger partial charge in [-0.25, -0.2) is 4.98 Å². The molecule has 134 valence electrons. The highest BCUT2D eigenvalue weighted by atomic mass is 32.2. The van der Waals surface area contributed by atoms with Crippen LogP contribution in [0.15, 0.2) is 30.3 Å². The fourth-order valence-electron chi connectivity index (χ4n) is 3.39. The predicted molar refractivity (Wildman–Crippen MR) is 107 cm³/mol. The number of aromatic amines is 1. The molecule has 1 aliphatic heterocycles. The number of amides is 1. The van der Waals surface area contributed by atoms with Crippen LogP contribution in [0.1, 0.15) is 25.0 Å². The molecule has 5 nitrogen and oxygen atoms in total. The van der Waals surface area contributed by atoms with Gasteiger partial charge in [-0.3, -0.25) is 4.79 Å². The second-order valence-electron chi connectivity index (χ2n) is 7.05. The van der Waals surface area contributed by atoms with Crippen molar-refractivity contribution in [1.82, 2.24) is 9.97 Å². The molecule has 0 fully saturated rings. The second-order valence-corrected chi connectivity index (χ2v) is 7.91. The lowest BCUT2D eigenvalue weighted by Crippen LogP contribution is -2.26. The van der Waals surface area contributed by atoms with Crippen molar-refractivity contribution >= 4 is 34.4 Å². The average molecular weight is 367 g/mol. The number of imidazole rings is 1. The summed E-state index contributed by atoms with van der Waals surface area (Å²) in [7, 11) is 1.68. The molecule has 2 N–H and O–H groups in total. The molecule has 2 aromatic carbocycles. The van der Waals surface area contributed by atoms with Gasteiger partial charge in [0.1, 0.15) is 11.6 Å². The van der Waals surface area contributed by atoms with Gasteiger partial charge in [-0.2, -0.15) is 11.8 Å². The van der Waals surface area contributed by atoms with Gasteiger partial charge in [0.2, 0.25) is 5.91 Å². The molecule has 0 unspecified atom stereocenters. The van der Waals surface area contributed by atoms with E-state index in [4.69, 9.17) is 9.72 Å². The van der Waals surface area contributed by atoms with E-state index in [1.807, 2.05) is 32.0 Å². The Morgan fingerprint density at radius 3 is 2.77 bits per heavy atom. The Balaban J connectivity index is 1.81. The van der Waals surface area contributed by atoms with E-state index in [1.54, 1.807) is 18.9 Å². The number of methoxy groups -OCH3 is 1. The highest BCUT2D eigenvalue weighted by molar-refractivity contribution is 7.97. The van der Waals surface area contributed by atoms with Crippen molar-refractivity contribution in [2.75, 3.05) is 18.7 Å². The monoisotopic (exact) mass is 367 g/mol. The highest BCUT2D eigenvalue weighted by Gasteiger charge is 2.38. The number of carbonyl (C=O) groups excluding carboxylic acids is 1. The lowest BCUT2D eigenvalue weighted by atomic mass is 9.86. The van der Waals surface area contributed by atoms with Crippen LogP contribution in [0.5, 0.6) is 5.75 Å². The van der Waals surface area contributed by atoms with E-state index in [9.17, 15) is 4.79 Å². The number of thioether (sulfide) groups is 1. The number of hydrogen-bond acceptors (Lipinski definition) is 4. The third-order valence-electron chi connectivity index (χ3n) is 4.94. The average Bonchev–Trinajstić information content (AvgIpc) is 3.12. The van der Waals surface area contributed by atoms with E-state index in [0.717, 1.165) is 45.2 Å². The normalized spacial score (nSPS) is 15.2. The van der Waals surface area contributed by atoms with Crippen LogP contribution in [0.2, 0.25) is 0 Å². The number of fused-ring (bicyclic) bond motifs is 2. The Labute approximate surface area is 156 Å². The molecule has 26 heavy (non-hydrogen) atoms. The van der Waals surface area contributed by atoms with Crippen LogP contribution in [-0.2, 0) is 16.0 Å². The lowest BCUT2D eigenvalue weighted by molar-refractivity contribution is -0.119. The molecule has 0 atom stereocenters. The first kappa shape index (κ1) is 17.0. The first-order chi connectivity index (χ1) is 12.4. The molecule has 1 aromatic heterocycles. The summed E-state index contributed by atoms with van der Waals surface area (Å²) in [5, 5.41) is 2.96. The largest absolute Gasteiger partial charge is 0.496 e. The first-order valence-corrected chi connectivity index (χ1v) is 9.85. The van der Waals surface area contributed by atoms with E-state index in [2.05, 4.69) is 28.7 Å². The minimum atomic E-state index is -0.542. The molecule has 4 rings (SSSR count). The van der Waals surface area contributed by atoms with Crippen LogP contribution in [0.3, 0.4) is 0 Å². The molecule has 0 saturated carbocycles. The number of ether oxygens (including phenoxy) is 1. The van der Waals surface area contributed by atoms with Crippen LogP contribution < -0.4 is 10.1 Å². The molecule has 0 saturated heterocycles. The van der Waals surface area contributed by atoms with Crippen molar-refractivity contribution in [3.8, 4) is 17.1 Å². The third kappa shape index (κ3) is 2.56. The van der Waals surface area contributed by atoms with E-state index >= 15 is 0 Å². The van der Waals surface area contributed by atoms with E-state index in [0.29, 0.717) is 0 Å². The maximum Gasteiger partial charge on any atom is 0.234 e. The summed E-state index contributed by atoms with van der Waals surface area (Å²) in [6.07, 6.45) is 2.08. The number of nitrogens with one attached hydrogen (secondary N) is 2. The predicted octanol–water partition coefficient (Wildman–Crippen LogP) is 4.33. The van der Waals surface area contributed by atoms with Crippen LogP contribution in [-0.4, -0.2) is 29.2 Å². The Morgan fingerprint density at radius 2 is 2.04 bits per heavy atom. The number of H-pyrrole nitrogens is 1. The summed E-state index contributed by atoms with van der Waals surface area (Å²) in [6, 6.07) is 10.2. The van der Waals surface area contributed by atoms with Crippen LogP contribution in [0, 0.1) is 0 Å². The number of anilines is 1. The smallest absolute Gasteiger partial charge is 0.234 e. The molecule has 0 radical (unpaired) electrons. The fraction of sp³-hybridized carbons (Fsp3) is 0.300. The van der Waals surface area contributed by atoms with Crippen molar-refractivity contribution in [2.45, 2.75) is 25.0 Å². The van der Waals surface area contributed by atoms with Crippen molar-refractivity contribution in [3.05, 3.63) is 41.5 Å². The SMILES string of the molecule is COc1cc(CSC)ccc1-c1nc2cc3c(cc2[nH]1)NC(=O)C3(C)C. The molecule has 0 aliphatic carbocycles. The molecule has 1 aliphatic rings. The summed E-state index contributed by atoms with van der Waals surface area (Å²) in [5.74, 6) is 2.53. The lowest BCUT2D eigenvalue weighted by Gasteiger charge is -2.14. The minimum absolute atomic E-state index is 0.0198. The zero-order chi connectivity index (χ0) is 18.5. The van der Waals surface area contributed by atoms with E-state index in [1.165, 1.54) is 5.56 Å². The summed E-state index contributed by atoms with van der Waals surface area (Å²) in [5.41, 5.74) is 5.18. The van der Waals surface area contributed by atoms with Gasteiger partial charge in [0.25, 0.3) is 0 Å². The number of hydrogen-bond donors (Lipinski definition) is 2. The van der Waals surface area contributed by atoms with Gasteiger partial charge in [0.05, 0.1) is 29.1 Å². The van der Waals surface area contributed by atoms with Gasteiger partial charge in [0, 0.05) is 11.4 Å². The molecule has 3 aromatic rings. The molecule has 0 bridgehead atoms.